The first-order valence-electron chi connectivity index (χ1n) is 12.2. The maximum absolute atomic E-state index is 13.0. The number of rotatable bonds is 5. The standard InChI is InChI=1S/C28H35N3O/c1-4-22-16-21-15-20(9-10-26(21)30-22)18-31-13-11-28(12-14-31)17-24(27(32)29-19(2)3)23-7-5-6-8-25(23)28/h5-10,15-16,19,24,30H,4,11-14,17-18H2,1-3H3,(H,29,32). The van der Waals surface area contributed by atoms with Crippen molar-refractivity contribution in [1.29, 1.82) is 0 Å². The van der Waals surface area contributed by atoms with Crippen molar-refractivity contribution in [2.24, 2.45) is 0 Å². The molecule has 1 aromatic heterocycles. The Hall–Kier alpha value is -2.59. The lowest BCUT2D eigenvalue weighted by molar-refractivity contribution is -0.123. The first kappa shape index (κ1) is 21.3. The van der Waals surface area contributed by atoms with Crippen molar-refractivity contribution in [2.75, 3.05) is 13.1 Å². The summed E-state index contributed by atoms with van der Waals surface area (Å²) in [7, 11) is 0. The first-order valence-corrected chi connectivity index (χ1v) is 12.2. The van der Waals surface area contributed by atoms with Gasteiger partial charge >= 0.3 is 0 Å². The molecule has 4 heteroatoms. The van der Waals surface area contributed by atoms with Crippen LogP contribution in [0.15, 0.2) is 48.5 Å². The second kappa shape index (κ2) is 8.40. The molecule has 1 fully saturated rings. The summed E-state index contributed by atoms with van der Waals surface area (Å²) >= 11 is 0. The molecule has 1 amide bonds. The van der Waals surface area contributed by atoms with Crippen molar-refractivity contribution in [1.82, 2.24) is 15.2 Å². The van der Waals surface area contributed by atoms with Crippen LogP contribution in [0.2, 0.25) is 0 Å². The van der Waals surface area contributed by atoms with Crippen molar-refractivity contribution < 1.29 is 4.79 Å². The molecule has 0 radical (unpaired) electrons. The quantitative estimate of drug-likeness (QED) is 0.580. The van der Waals surface area contributed by atoms with Crippen molar-refractivity contribution in [3.05, 3.63) is 70.9 Å². The van der Waals surface area contributed by atoms with Crippen LogP contribution in [0.5, 0.6) is 0 Å². The van der Waals surface area contributed by atoms with Gasteiger partial charge in [0.2, 0.25) is 5.91 Å². The Labute approximate surface area is 191 Å². The molecule has 4 nitrogen and oxygen atoms in total. The van der Waals surface area contributed by atoms with Crippen molar-refractivity contribution >= 4 is 16.8 Å². The number of carbonyl (C=O) groups is 1. The third-order valence-electron chi connectivity index (χ3n) is 7.59. The number of nitrogens with one attached hydrogen (secondary N) is 2. The number of aromatic amines is 1. The van der Waals surface area contributed by atoms with Gasteiger partial charge in [0.1, 0.15) is 0 Å². The molecule has 168 valence electrons. The normalized spacial score (nSPS) is 20.2. The van der Waals surface area contributed by atoms with E-state index >= 15 is 0 Å². The number of H-pyrrole nitrogens is 1. The molecule has 2 aliphatic rings. The number of hydrogen-bond donors (Lipinski definition) is 2. The summed E-state index contributed by atoms with van der Waals surface area (Å²) in [5.74, 6) is 0.182. The monoisotopic (exact) mass is 429 g/mol. The van der Waals surface area contributed by atoms with E-state index in [-0.39, 0.29) is 23.3 Å². The number of fused-ring (bicyclic) bond motifs is 3. The summed E-state index contributed by atoms with van der Waals surface area (Å²) < 4.78 is 0. The maximum Gasteiger partial charge on any atom is 0.227 e. The van der Waals surface area contributed by atoms with E-state index < -0.39 is 0 Å². The number of benzene rings is 2. The molecule has 5 rings (SSSR count). The van der Waals surface area contributed by atoms with Crippen LogP contribution >= 0.6 is 0 Å². The van der Waals surface area contributed by atoms with E-state index in [9.17, 15) is 4.79 Å². The molecular formula is C28H35N3O. The second-order valence-electron chi connectivity index (χ2n) is 10.1. The number of amides is 1. The number of hydrogen-bond acceptors (Lipinski definition) is 2. The summed E-state index contributed by atoms with van der Waals surface area (Å²) in [6.07, 6.45) is 4.24. The highest BCUT2D eigenvalue weighted by molar-refractivity contribution is 5.86. The van der Waals surface area contributed by atoms with Crippen LogP contribution < -0.4 is 5.32 Å². The van der Waals surface area contributed by atoms with Gasteiger partial charge in [0.25, 0.3) is 0 Å². The van der Waals surface area contributed by atoms with Gasteiger partial charge in [-0.1, -0.05) is 37.3 Å². The molecule has 0 saturated carbocycles. The van der Waals surface area contributed by atoms with Gasteiger partial charge in [-0.15, -0.1) is 0 Å². The summed E-state index contributed by atoms with van der Waals surface area (Å²) in [6.45, 7) is 9.43. The Bertz CT molecular complexity index is 1120. The molecule has 1 aliphatic heterocycles. The zero-order valence-electron chi connectivity index (χ0n) is 19.6. The Morgan fingerprint density at radius 2 is 1.94 bits per heavy atom. The molecular weight excluding hydrogens is 394 g/mol. The molecule has 1 unspecified atom stereocenters. The molecule has 3 aromatic rings. The highest BCUT2D eigenvalue weighted by atomic mass is 16.1. The minimum Gasteiger partial charge on any atom is -0.358 e. The largest absolute Gasteiger partial charge is 0.358 e. The van der Waals surface area contributed by atoms with E-state index in [1.54, 1.807) is 0 Å². The molecule has 2 N–H and O–H groups in total. The van der Waals surface area contributed by atoms with Crippen molar-refractivity contribution in [2.45, 2.75) is 70.4 Å². The minimum atomic E-state index is -0.0103. The smallest absolute Gasteiger partial charge is 0.227 e. The summed E-state index contributed by atoms with van der Waals surface area (Å²) in [5.41, 5.74) is 6.74. The van der Waals surface area contributed by atoms with Gasteiger partial charge < -0.3 is 10.3 Å². The zero-order chi connectivity index (χ0) is 22.3. The number of likely N-dealkylation sites (tertiary alicyclic amines) is 1. The van der Waals surface area contributed by atoms with Crippen LogP contribution in [-0.4, -0.2) is 34.9 Å². The molecule has 2 heterocycles. The summed E-state index contributed by atoms with van der Waals surface area (Å²) in [6, 6.07) is 18.0. The zero-order valence-corrected chi connectivity index (χ0v) is 19.6. The molecule has 1 spiro atoms. The predicted molar refractivity (Wildman–Crippen MR) is 131 cm³/mol. The Balaban J connectivity index is 1.30. The third kappa shape index (κ3) is 3.86. The predicted octanol–water partition coefficient (Wildman–Crippen LogP) is 5.28. The summed E-state index contributed by atoms with van der Waals surface area (Å²) in [5, 5.41) is 4.47. The number of piperidine rings is 1. The highest BCUT2D eigenvalue weighted by Crippen LogP contribution is 2.51. The first-order chi connectivity index (χ1) is 15.5. The SMILES string of the molecule is CCc1cc2cc(CN3CCC4(CC3)CC(C(=O)NC(C)C)c3ccccc34)ccc2[nH]1. The fourth-order valence-corrected chi connectivity index (χ4v) is 5.92. The molecule has 1 atom stereocenters. The Morgan fingerprint density at radius 3 is 2.69 bits per heavy atom. The lowest BCUT2D eigenvalue weighted by atomic mass is 9.73. The minimum absolute atomic E-state index is 0.0103. The van der Waals surface area contributed by atoms with E-state index in [0.29, 0.717) is 0 Å². The number of nitrogens with zero attached hydrogens (tertiary/aromatic N) is 1. The molecule has 1 aliphatic carbocycles. The van der Waals surface area contributed by atoms with Crippen LogP contribution in [0.25, 0.3) is 10.9 Å². The lowest BCUT2D eigenvalue weighted by Gasteiger charge is -2.40. The van der Waals surface area contributed by atoms with Crippen LogP contribution in [0.1, 0.15) is 68.3 Å². The van der Waals surface area contributed by atoms with Gasteiger partial charge in [-0.25, -0.2) is 0 Å². The van der Waals surface area contributed by atoms with E-state index in [1.807, 2.05) is 13.8 Å². The second-order valence-corrected chi connectivity index (χ2v) is 10.1. The van der Waals surface area contributed by atoms with Gasteiger partial charge in [-0.05, 0) is 98.3 Å². The van der Waals surface area contributed by atoms with Gasteiger partial charge in [0.15, 0.2) is 0 Å². The number of aromatic nitrogens is 1. The molecule has 1 saturated heterocycles. The van der Waals surface area contributed by atoms with Crippen LogP contribution in [-0.2, 0) is 23.2 Å². The van der Waals surface area contributed by atoms with E-state index in [1.165, 1.54) is 33.3 Å². The highest BCUT2D eigenvalue weighted by Gasteiger charge is 2.47. The average Bonchev–Trinajstić information content (AvgIpc) is 3.34. The van der Waals surface area contributed by atoms with Crippen molar-refractivity contribution in [3.8, 4) is 0 Å². The van der Waals surface area contributed by atoms with E-state index in [2.05, 4.69) is 70.7 Å². The Kier molecular flexibility index (Phi) is 5.58. The Morgan fingerprint density at radius 1 is 1.16 bits per heavy atom. The van der Waals surface area contributed by atoms with Gasteiger partial charge in [-0.3, -0.25) is 9.69 Å². The average molecular weight is 430 g/mol. The van der Waals surface area contributed by atoms with Gasteiger partial charge in [0.05, 0.1) is 5.92 Å². The third-order valence-corrected chi connectivity index (χ3v) is 7.59. The van der Waals surface area contributed by atoms with Crippen molar-refractivity contribution in [3.63, 3.8) is 0 Å². The molecule has 2 aromatic carbocycles. The van der Waals surface area contributed by atoms with Crippen LogP contribution in [0.4, 0.5) is 0 Å². The number of aryl methyl sites for hydroxylation is 1. The van der Waals surface area contributed by atoms with Crippen LogP contribution in [0, 0.1) is 0 Å². The maximum atomic E-state index is 13.0. The summed E-state index contributed by atoms with van der Waals surface area (Å²) in [4.78, 5) is 19.0. The topological polar surface area (TPSA) is 48.1 Å². The van der Waals surface area contributed by atoms with E-state index in [0.717, 1.165) is 45.3 Å². The molecule has 32 heavy (non-hydrogen) atoms. The fraction of sp³-hybridized carbons (Fsp3) is 0.464. The number of carbonyl (C=O) groups excluding carboxylic acids is 1. The molecule has 0 bridgehead atoms. The van der Waals surface area contributed by atoms with Gasteiger partial charge in [-0.2, -0.15) is 0 Å². The fourth-order valence-electron chi connectivity index (χ4n) is 5.92. The lowest BCUT2D eigenvalue weighted by Crippen LogP contribution is -2.42. The van der Waals surface area contributed by atoms with Crippen LogP contribution in [0.3, 0.4) is 0 Å². The van der Waals surface area contributed by atoms with Gasteiger partial charge in [0, 0.05) is 23.8 Å². The van der Waals surface area contributed by atoms with E-state index in [4.69, 9.17) is 0 Å².